The molecule has 0 aromatic rings. The molecule has 0 bridgehead atoms. The second kappa shape index (κ2) is 16.7. The maximum atomic E-state index is 11.2. The average molecular weight is 371 g/mol. The molecule has 0 aromatic heterocycles. The van der Waals surface area contributed by atoms with E-state index in [9.17, 15) is 19.8 Å². The average Bonchev–Trinajstić information content (AvgIpc) is 2.51. The van der Waals surface area contributed by atoms with E-state index in [1.54, 1.807) is 0 Å². The van der Waals surface area contributed by atoms with E-state index in [1.807, 2.05) is 0 Å². The summed E-state index contributed by atoms with van der Waals surface area (Å²) in [5.41, 5.74) is 0. The third-order valence-corrected chi connectivity index (χ3v) is 4.93. The first kappa shape index (κ1) is 26.4. The Bertz CT molecular complexity index is 319. The van der Waals surface area contributed by atoms with Crippen LogP contribution in [0.3, 0.4) is 0 Å². The summed E-state index contributed by atoms with van der Waals surface area (Å²) in [6.45, 7) is 6.49. The zero-order chi connectivity index (χ0) is 17.7. The molecule has 0 aromatic carbocycles. The zero-order valence-electron chi connectivity index (χ0n) is 15.2. The van der Waals surface area contributed by atoms with Gasteiger partial charge in [-0.3, -0.25) is 9.59 Å². The SMILES string of the molecule is CCCCCCC(CC(C(=O)O)C(=O)O)C(CC)CCCCC.[CaH2]. The molecular formula is C19H38CaO4. The van der Waals surface area contributed by atoms with Crippen molar-refractivity contribution in [3.05, 3.63) is 0 Å². The molecule has 2 unspecified atom stereocenters. The predicted octanol–water partition coefficient (Wildman–Crippen LogP) is 4.44. The second-order valence-corrected chi connectivity index (χ2v) is 6.74. The molecule has 0 aliphatic rings. The minimum absolute atomic E-state index is 0. The van der Waals surface area contributed by atoms with Gasteiger partial charge in [0, 0.05) is 0 Å². The van der Waals surface area contributed by atoms with E-state index in [-0.39, 0.29) is 50.1 Å². The molecule has 0 spiro atoms. The Balaban J connectivity index is 0. The van der Waals surface area contributed by atoms with E-state index in [4.69, 9.17) is 0 Å². The molecule has 0 amide bonds. The first-order valence-electron chi connectivity index (χ1n) is 9.43. The van der Waals surface area contributed by atoms with Crippen molar-refractivity contribution in [3.8, 4) is 0 Å². The van der Waals surface area contributed by atoms with Gasteiger partial charge in [-0.25, -0.2) is 0 Å². The molecule has 0 saturated carbocycles. The normalized spacial score (nSPS) is 13.3. The summed E-state index contributed by atoms with van der Waals surface area (Å²) in [4.78, 5) is 22.5. The van der Waals surface area contributed by atoms with Crippen LogP contribution in [-0.4, -0.2) is 59.9 Å². The van der Waals surface area contributed by atoms with Crippen LogP contribution in [-0.2, 0) is 9.59 Å². The van der Waals surface area contributed by atoms with Crippen molar-refractivity contribution in [1.82, 2.24) is 0 Å². The summed E-state index contributed by atoms with van der Waals surface area (Å²) in [5.74, 6) is -2.99. The van der Waals surface area contributed by atoms with Gasteiger partial charge in [0.25, 0.3) is 0 Å². The summed E-state index contributed by atoms with van der Waals surface area (Å²) in [5, 5.41) is 18.4. The van der Waals surface area contributed by atoms with Crippen LogP contribution in [0.25, 0.3) is 0 Å². The third kappa shape index (κ3) is 11.7. The molecule has 4 nitrogen and oxygen atoms in total. The van der Waals surface area contributed by atoms with Crippen molar-refractivity contribution in [1.29, 1.82) is 0 Å². The fourth-order valence-electron chi connectivity index (χ4n) is 3.42. The van der Waals surface area contributed by atoms with Gasteiger partial charge in [-0.05, 0) is 18.3 Å². The van der Waals surface area contributed by atoms with Crippen LogP contribution in [0.1, 0.15) is 91.4 Å². The van der Waals surface area contributed by atoms with Gasteiger partial charge >= 0.3 is 49.7 Å². The molecule has 140 valence electrons. The monoisotopic (exact) mass is 370 g/mol. The molecule has 0 fully saturated rings. The Labute approximate surface area is 177 Å². The molecule has 0 aliphatic carbocycles. The first-order chi connectivity index (χ1) is 11.0. The fourth-order valence-corrected chi connectivity index (χ4v) is 3.42. The molecule has 5 heteroatoms. The van der Waals surface area contributed by atoms with E-state index < -0.39 is 17.9 Å². The Kier molecular flexibility index (Phi) is 18.3. The van der Waals surface area contributed by atoms with Gasteiger partial charge in [0.1, 0.15) is 0 Å². The first-order valence-corrected chi connectivity index (χ1v) is 9.43. The predicted molar refractivity (Wildman–Crippen MR) is 102 cm³/mol. The van der Waals surface area contributed by atoms with Crippen LogP contribution in [0.15, 0.2) is 0 Å². The summed E-state index contributed by atoms with van der Waals surface area (Å²) >= 11 is 0. The Hall–Kier alpha value is 0.200. The molecule has 2 atom stereocenters. The van der Waals surface area contributed by atoms with Crippen LogP contribution < -0.4 is 0 Å². The van der Waals surface area contributed by atoms with E-state index in [1.165, 1.54) is 25.7 Å². The standard InChI is InChI=1S/C19H36O4.Ca.2H/c1-4-7-9-11-13-16(14-17(18(20)21)19(22)23)15(6-3)12-10-8-5-2;;;/h15-17H,4-14H2,1-3H3,(H,20,21)(H,22,23);;;. The molecule has 0 radical (unpaired) electrons. The van der Waals surface area contributed by atoms with Crippen molar-refractivity contribution in [2.24, 2.45) is 17.8 Å². The van der Waals surface area contributed by atoms with Crippen LogP contribution >= 0.6 is 0 Å². The minimum atomic E-state index is -1.26. The molecule has 24 heavy (non-hydrogen) atoms. The number of carboxylic acids is 2. The number of unbranched alkanes of at least 4 members (excludes halogenated alkanes) is 5. The zero-order valence-corrected chi connectivity index (χ0v) is 15.2. The van der Waals surface area contributed by atoms with E-state index in [0.717, 1.165) is 38.5 Å². The summed E-state index contributed by atoms with van der Waals surface area (Å²) in [6, 6.07) is 0. The van der Waals surface area contributed by atoms with Crippen molar-refractivity contribution in [3.63, 3.8) is 0 Å². The Morgan fingerprint density at radius 2 is 1.21 bits per heavy atom. The number of hydrogen-bond acceptors (Lipinski definition) is 2. The second-order valence-electron chi connectivity index (χ2n) is 6.74. The maximum absolute atomic E-state index is 11.2. The van der Waals surface area contributed by atoms with Crippen LogP contribution in [0.4, 0.5) is 0 Å². The Morgan fingerprint density at radius 1 is 0.750 bits per heavy atom. The third-order valence-electron chi connectivity index (χ3n) is 4.93. The number of carboxylic acid groups (broad SMARTS) is 2. The van der Waals surface area contributed by atoms with Crippen molar-refractivity contribution in [2.45, 2.75) is 91.4 Å². The number of carbonyl (C=O) groups is 2. The molecule has 0 aliphatic heterocycles. The van der Waals surface area contributed by atoms with Crippen LogP contribution in [0, 0.1) is 17.8 Å². The molecule has 0 rings (SSSR count). The summed E-state index contributed by atoms with van der Waals surface area (Å²) < 4.78 is 0. The van der Waals surface area contributed by atoms with Gasteiger partial charge in [0.15, 0.2) is 5.92 Å². The van der Waals surface area contributed by atoms with Crippen molar-refractivity contribution in [2.75, 3.05) is 0 Å². The van der Waals surface area contributed by atoms with Gasteiger partial charge in [0.05, 0.1) is 0 Å². The van der Waals surface area contributed by atoms with E-state index >= 15 is 0 Å². The number of hydrogen-bond donors (Lipinski definition) is 2. The topological polar surface area (TPSA) is 74.6 Å². The van der Waals surface area contributed by atoms with Gasteiger partial charge < -0.3 is 10.2 Å². The quantitative estimate of drug-likeness (QED) is 0.254. The van der Waals surface area contributed by atoms with Gasteiger partial charge in [-0.1, -0.05) is 85.0 Å². The Morgan fingerprint density at radius 3 is 1.67 bits per heavy atom. The van der Waals surface area contributed by atoms with Crippen molar-refractivity contribution >= 4 is 49.7 Å². The van der Waals surface area contributed by atoms with E-state index in [2.05, 4.69) is 20.8 Å². The van der Waals surface area contributed by atoms with Crippen LogP contribution in [0.2, 0.25) is 0 Å². The van der Waals surface area contributed by atoms with E-state index in [0.29, 0.717) is 5.92 Å². The van der Waals surface area contributed by atoms with Crippen LogP contribution in [0.5, 0.6) is 0 Å². The molecule has 0 saturated heterocycles. The number of rotatable bonds is 15. The number of aliphatic carboxylic acids is 2. The van der Waals surface area contributed by atoms with Gasteiger partial charge in [0.2, 0.25) is 0 Å². The summed E-state index contributed by atoms with van der Waals surface area (Å²) in [7, 11) is 0. The van der Waals surface area contributed by atoms with Crippen molar-refractivity contribution < 1.29 is 19.8 Å². The van der Waals surface area contributed by atoms with Gasteiger partial charge in [-0.15, -0.1) is 0 Å². The molecule has 0 heterocycles. The summed E-state index contributed by atoms with van der Waals surface area (Å²) in [6.07, 6.45) is 11.5. The molecule has 2 N–H and O–H groups in total. The molecular weight excluding hydrogens is 332 g/mol. The van der Waals surface area contributed by atoms with Gasteiger partial charge in [-0.2, -0.15) is 0 Å². The fraction of sp³-hybridized carbons (Fsp3) is 0.895.